The van der Waals surface area contributed by atoms with Gasteiger partial charge in [0.1, 0.15) is 0 Å². The van der Waals surface area contributed by atoms with Crippen molar-refractivity contribution < 1.29 is 4.74 Å². The number of aryl methyl sites for hydroxylation is 1. The Hall–Kier alpha value is -0.860. The molecule has 2 nitrogen and oxygen atoms in total. The number of hydrogen-bond acceptors (Lipinski definition) is 2. The first-order valence-electron chi connectivity index (χ1n) is 7.49. The first-order valence-corrected chi connectivity index (χ1v) is 7.49. The van der Waals surface area contributed by atoms with Crippen LogP contribution in [0.5, 0.6) is 0 Å². The van der Waals surface area contributed by atoms with Crippen LogP contribution in [0.1, 0.15) is 57.3 Å². The molecule has 1 aromatic carbocycles. The molecule has 19 heavy (non-hydrogen) atoms. The van der Waals surface area contributed by atoms with Gasteiger partial charge >= 0.3 is 0 Å². The maximum absolute atomic E-state index is 6.24. The molecule has 108 valence electrons. The fourth-order valence-corrected chi connectivity index (χ4v) is 2.27. The lowest BCUT2D eigenvalue weighted by Gasteiger charge is -2.25. The minimum Gasteiger partial charge on any atom is -0.372 e. The Morgan fingerprint density at radius 2 is 1.89 bits per heavy atom. The molecule has 0 radical (unpaired) electrons. The fraction of sp³-hybridized carbons (Fsp3) is 0.647. The monoisotopic (exact) mass is 263 g/mol. The van der Waals surface area contributed by atoms with Crippen LogP contribution in [0.3, 0.4) is 0 Å². The van der Waals surface area contributed by atoms with Gasteiger partial charge in [0.05, 0.1) is 6.10 Å². The molecule has 0 amide bonds. The molecule has 2 N–H and O–H groups in total. The van der Waals surface area contributed by atoms with Gasteiger partial charge in [0.2, 0.25) is 0 Å². The van der Waals surface area contributed by atoms with E-state index < -0.39 is 0 Å². The van der Waals surface area contributed by atoms with Gasteiger partial charge in [-0.05, 0) is 43.2 Å². The number of rotatable bonds is 8. The van der Waals surface area contributed by atoms with Gasteiger partial charge in [-0.1, -0.05) is 45.0 Å². The zero-order chi connectivity index (χ0) is 14.3. The second kappa shape index (κ2) is 8.34. The minimum absolute atomic E-state index is 0.0263. The van der Waals surface area contributed by atoms with Crippen molar-refractivity contribution in [2.45, 2.75) is 59.1 Å². The molecular formula is C17H29NO. The third-order valence-corrected chi connectivity index (χ3v) is 3.58. The average Bonchev–Trinajstić information content (AvgIpc) is 2.39. The predicted molar refractivity (Wildman–Crippen MR) is 82.2 cm³/mol. The highest BCUT2D eigenvalue weighted by Gasteiger charge is 2.20. The summed E-state index contributed by atoms with van der Waals surface area (Å²) in [5.41, 5.74) is 8.74. The van der Waals surface area contributed by atoms with E-state index in [9.17, 15) is 0 Å². The Balaban J connectivity index is 2.65. The lowest BCUT2D eigenvalue weighted by Crippen LogP contribution is -2.30. The zero-order valence-electron chi connectivity index (χ0n) is 12.9. The SMILES string of the molecule is CCC(N)C(OCCCC(C)C)c1ccccc1C. The molecule has 0 aromatic heterocycles. The highest BCUT2D eigenvalue weighted by Crippen LogP contribution is 2.25. The van der Waals surface area contributed by atoms with Crippen LogP contribution in [0.4, 0.5) is 0 Å². The van der Waals surface area contributed by atoms with E-state index in [1.807, 2.05) is 0 Å². The summed E-state index contributed by atoms with van der Waals surface area (Å²) in [7, 11) is 0. The highest BCUT2D eigenvalue weighted by atomic mass is 16.5. The van der Waals surface area contributed by atoms with Crippen molar-refractivity contribution in [2.75, 3.05) is 6.61 Å². The summed E-state index contributed by atoms with van der Waals surface area (Å²) in [6, 6.07) is 8.46. The van der Waals surface area contributed by atoms with E-state index in [-0.39, 0.29) is 12.1 Å². The molecule has 0 aliphatic rings. The minimum atomic E-state index is 0.0263. The largest absolute Gasteiger partial charge is 0.372 e. The zero-order valence-corrected chi connectivity index (χ0v) is 12.9. The molecule has 2 heteroatoms. The molecule has 1 rings (SSSR count). The second-order valence-electron chi connectivity index (χ2n) is 5.76. The van der Waals surface area contributed by atoms with E-state index in [2.05, 4.69) is 52.0 Å². The van der Waals surface area contributed by atoms with Crippen molar-refractivity contribution in [3.63, 3.8) is 0 Å². The summed E-state index contributed by atoms with van der Waals surface area (Å²) in [6.45, 7) is 9.54. The maximum atomic E-state index is 6.24. The van der Waals surface area contributed by atoms with Gasteiger partial charge in [-0.25, -0.2) is 0 Å². The second-order valence-corrected chi connectivity index (χ2v) is 5.76. The quantitative estimate of drug-likeness (QED) is 0.712. The molecule has 0 aliphatic carbocycles. The van der Waals surface area contributed by atoms with Crippen LogP contribution in [-0.4, -0.2) is 12.6 Å². The Morgan fingerprint density at radius 1 is 1.21 bits per heavy atom. The van der Waals surface area contributed by atoms with E-state index in [1.54, 1.807) is 0 Å². The Kier molecular flexibility index (Phi) is 7.11. The Bertz CT molecular complexity index is 362. The van der Waals surface area contributed by atoms with Crippen LogP contribution >= 0.6 is 0 Å². The van der Waals surface area contributed by atoms with Crippen LogP contribution in [0, 0.1) is 12.8 Å². The van der Waals surface area contributed by atoms with Crippen LogP contribution in [0.25, 0.3) is 0 Å². The van der Waals surface area contributed by atoms with E-state index >= 15 is 0 Å². The van der Waals surface area contributed by atoms with Gasteiger partial charge in [0.25, 0.3) is 0 Å². The number of ether oxygens (including phenoxy) is 1. The molecule has 0 bridgehead atoms. The summed E-state index contributed by atoms with van der Waals surface area (Å²) in [5, 5.41) is 0. The van der Waals surface area contributed by atoms with E-state index in [0.29, 0.717) is 0 Å². The molecule has 0 saturated heterocycles. The van der Waals surface area contributed by atoms with Crippen molar-refractivity contribution in [3.05, 3.63) is 35.4 Å². The maximum Gasteiger partial charge on any atom is 0.0978 e. The molecule has 0 heterocycles. The van der Waals surface area contributed by atoms with Gasteiger partial charge in [-0.3, -0.25) is 0 Å². The standard InChI is InChI=1S/C17H29NO/c1-5-16(18)17(19-12-8-9-13(2)3)15-11-7-6-10-14(15)4/h6-7,10-11,13,16-17H,5,8-9,12,18H2,1-4H3. The molecule has 0 aliphatic heterocycles. The smallest absolute Gasteiger partial charge is 0.0978 e. The number of nitrogens with two attached hydrogens (primary N) is 1. The summed E-state index contributed by atoms with van der Waals surface area (Å²) in [5.74, 6) is 0.736. The first-order chi connectivity index (χ1) is 9.06. The van der Waals surface area contributed by atoms with Crippen LogP contribution in [-0.2, 0) is 4.74 Å². The van der Waals surface area contributed by atoms with Gasteiger partial charge < -0.3 is 10.5 Å². The van der Waals surface area contributed by atoms with Gasteiger partial charge in [0, 0.05) is 12.6 Å². The molecule has 2 atom stereocenters. The molecule has 2 unspecified atom stereocenters. The van der Waals surface area contributed by atoms with E-state index in [4.69, 9.17) is 10.5 Å². The fourth-order valence-electron chi connectivity index (χ4n) is 2.27. The molecule has 0 saturated carbocycles. The molecule has 1 aromatic rings. The predicted octanol–water partition coefficient (Wildman–Crippen LogP) is 4.23. The van der Waals surface area contributed by atoms with E-state index in [0.717, 1.165) is 25.4 Å². The number of hydrogen-bond donors (Lipinski definition) is 1. The van der Waals surface area contributed by atoms with Crippen molar-refractivity contribution in [1.82, 2.24) is 0 Å². The summed E-state index contributed by atoms with van der Waals surface area (Å²) in [6.07, 6.45) is 3.28. The summed E-state index contributed by atoms with van der Waals surface area (Å²) in [4.78, 5) is 0. The van der Waals surface area contributed by atoms with Gasteiger partial charge in [0.15, 0.2) is 0 Å². The highest BCUT2D eigenvalue weighted by molar-refractivity contribution is 5.28. The van der Waals surface area contributed by atoms with Crippen LogP contribution in [0.15, 0.2) is 24.3 Å². The number of benzene rings is 1. The molecular weight excluding hydrogens is 234 g/mol. The third kappa shape index (κ3) is 5.33. The summed E-state index contributed by atoms with van der Waals surface area (Å²) < 4.78 is 6.09. The lowest BCUT2D eigenvalue weighted by molar-refractivity contribution is 0.0297. The normalized spacial score (nSPS) is 14.6. The van der Waals surface area contributed by atoms with Crippen molar-refractivity contribution >= 4 is 0 Å². The van der Waals surface area contributed by atoms with Crippen LogP contribution < -0.4 is 5.73 Å². The third-order valence-electron chi connectivity index (χ3n) is 3.58. The Labute approximate surface area is 118 Å². The van der Waals surface area contributed by atoms with E-state index in [1.165, 1.54) is 17.5 Å². The molecule has 0 fully saturated rings. The first kappa shape index (κ1) is 16.2. The lowest BCUT2D eigenvalue weighted by atomic mass is 9.97. The topological polar surface area (TPSA) is 35.2 Å². The Morgan fingerprint density at radius 3 is 2.47 bits per heavy atom. The van der Waals surface area contributed by atoms with Gasteiger partial charge in [-0.2, -0.15) is 0 Å². The summed E-state index contributed by atoms with van der Waals surface area (Å²) >= 11 is 0. The average molecular weight is 263 g/mol. The van der Waals surface area contributed by atoms with Crippen molar-refractivity contribution in [3.8, 4) is 0 Å². The van der Waals surface area contributed by atoms with Gasteiger partial charge in [-0.15, -0.1) is 0 Å². The van der Waals surface area contributed by atoms with Crippen LogP contribution in [0.2, 0.25) is 0 Å². The van der Waals surface area contributed by atoms with Crippen molar-refractivity contribution in [2.24, 2.45) is 11.7 Å². The van der Waals surface area contributed by atoms with Crippen molar-refractivity contribution in [1.29, 1.82) is 0 Å². The molecule has 0 spiro atoms.